The van der Waals surface area contributed by atoms with Gasteiger partial charge in [-0.2, -0.15) is 0 Å². The van der Waals surface area contributed by atoms with Crippen molar-refractivity contribution in [2.45, 2.75) is 32.6 Å². The molecular formula is C13H18O4. The van der Waals surface area contributed by atoms with Crippen molar-refractivity contribution in [2.75, 3.05) is 0 Å². The van der Waals surface area contributed by atoms with E-state index in [-0.39, 0.29) is 6.42 Å². The van der Waals surface area contributed by atoms with E-state index in [1.807, 2.05) is 30.3 Å². The van der Waals surface area contributed by atoms with Gasteiger partial charge in [-0.3, -0.25) is 9.59 Å². The SMILES string of the molecule is CC(C)(C(=O)O)c1ccccc1.CCC(=O)O. The summed E-state index contributed by atoms with van der Waals surface area (Å²) in [4.78, 5) is 20.2. The maximum atomic E-state index is 10.8. The molecular weight excluding hydrogens is 220 g/mol. The van der Waals surface area contributed by atoms with E-state index >= 15 is 0 Å². The molecule has 0 saturated heterocycles. The van der Waals surface area contributed by atoms with Crippen molar-refractivity contribution < 1.29 is 19.8 Å². The van der Waals surface area contributed by atoms with Crippen LogP contribution in [0.1, 0.15) is 32.8 Å². The van der Waals surface area contributed by atoms with Gasteiger partial charge in [-0.15, -0.1) is 0 Å². The molecule has 4 nitrogen and oxygen atoms in total. The molecule has 1 aromatic rings. The molecule has 0 saturated carbocycles. The maximum absolute atomic E-state index is 10.8. The average Bonchev–Trinajstić information content (AvgIpc) is 2.30. The lowest BCUT2D eigenvalue weighted by molar-refractivity contribution is -0.142. The van der Waals surface area contributed by atoms with Crippen molar-refractivity contribution in [3.63, 3.8) is 0 Å². The van der Waals surface area contributed by atoms with E-state index in [1.165, 1.54) is 0 Å². The zero-order valence-electron chi connectivity index (χ0n) is 10.3. The summed E-state index contributed by atoms with van der Waals surface area (Å²) in [5.74, 6) is -1.54. The minimum Gasteiger partial charge on any atom is -0.481 e. The Hall–Kier alpha value is -1.84. The van der Waals surface area contributed by atoms with Crippen molar-refractivity contribution in [3.05, 3.63) is 35.9 Å². The maximum Gasteiger partial charge on any atom is 0.313 e. The number of hydrogen-bond donors (Lipinski definition) is 2. The van der Waals surface area contributed by atoms with Crippen LogP contribution in [0.3, 0.4) is 0 Å². The Labute approximate surface area is 101 Å². The fraction of sp³-hybridized carbons (Fsp3) is 0.385. The predicted octanol–water partition coefficient (Wildman–Crippen LogP) is 2.53. The number of benzene rings is 1. The van der Waals surface area contributed by atoms with E-state index < -0.39 is 17.4 Å². The molecule has 4 heteroatoms. The third-order valence-corrected chi connectivity index (χ3v) is 2.33. The fourth-order valence-electron chi connectivity index (χ4n) is 0.978. The highest BCUT2D eigenvalue weighted by Gasteiger charge is 2.28. The quantitative estimate of drug-likeness (QED) is 0.848. The molecule has 0 radical (unpaired) electrons. The number of carbonyl (C=O) groups is 2. The molecule has 17 heavy (non-hydrogen) atoms. The first-order valence-corrected chi connectivity index (χ1v) is 5.33. The molecule has 0 aliphatic heterocycles. The van der Waals surface area contributed by atoms with Gasteiger partial charge in [0.25, 0.3) is 0 Å². The minimum atomic E-state index is -0.797. The Morgan fingerprint density at radius 1 is 1.12 bits per heavy atom. The summed E-state index contributed by atoms with van der Waals surface area (Å²) in [6.07, 6.45) is 0.222. The zero-order chi connectivity index (χ0) is 13.5. The van der Waals surface area contributed by atoms with Crippen LogP contribution in [0.4, 0.5) is 0 Å². The van der Waals surface area contributed by atoms with Crippen LogP contribution < -0.4 is 0 Å². The monoisotopic (exact) mass is 238 g/mol. The molecule has 0 heterocycles. The largest absolute Gasteiger partial charge is 0.481 e. The summed E-state index contributed by atoms with van der Waals surface area (Å²) >= 11 is 0. The lowest BCUT2D eigenvalue weighted by atomic mass is 9.85. The second-order valence-corrected chi connectivity index (χ2v) is 4.04. The second kappa shape index (κ2) is 6.68. The van der Waals surface area contributed by atoms with Crippen LogP contribution in [0.5, 0.6) is 0 Å². The first kappa shape index (κ1) is 15.2. The number of aliphatic carboxylic acids is 2. The van der Waals surface area contributed by atoms with Crippen molar-refractivity contribution in [1.82, 2.24) is 0 Å². The average molecular weight is 238 g/mol. The van der Waals surface area contributed by atoms with Gasteiger partial charge in [0.05, 0.1) is 5.41 Å². The van der Waals surface area contributed by atoms with Gasteiger partial charge in [0, 0.05) is 6.42 Å². The molecule has 94 valence electrons. The molecule has 0 fully saturated rings. The number of carboxylic acids is 2. The van der Waals surface area contributed by atoms with Crippen LogP contribution in [-0.4, -0.2) is 22.2 Å². The molecule has 0 aliphatic rings. The van der Waals surface area contributed by atoms with Crippen LogP contribution in [0.2, 0.25) is 0 Å². The second-order valence-electron chi connectivity index (χ2n) is 4.04. The molecule has 1 aromatic carbocycles. The van der Waals surface area contributed by atoms with E-state index in [0.29, 0.717) is 0 Å². The highest BCUT2D eigenvalue weighted by molar-refractivity contribution is 5.80. The summed E-state index contributed by atoms with van der Waals surface area (Å²) in [5, 5.41) is 16.6. The van der Waals surface area contributed by atoms with Crippen LogP contribution >= 0.6 is 0 Å². The molecule has 0 aliphatic carbocycles. The lowest BCUT2D eigenvalue weighted by Crippen LogP contribution is -2.28. The molecule has 0 aromatic heterocycles. The van der Waals surface area contributed by atoms with Gasteiger partial charge in [0.15, 0.2) is 0 Å². The fourth-order valence-corrected chi connectivity index (χ4v) is 0.978. The summed E-state index contributed by atoms with van der Waals surface area (Å²) in [6, 6.07) is 9.23. The third kappa shape index (κ3) is 5.15. The van der Waals surface area contributed by atoms with Crippen LogP contribution in [0, 0.1) is 0 Å². The van der Waals surface area contributed by atoms with Gasteiger partial charge in [-0.25, -0.2) is 0 Å². The lowest BCUT2D eigenvalue weighted by Gasteiger charge is -2.18. The number of rotatable bonds is 3. The van der Waals surface area contributed by atoms with Gasteiger partial charge in [0.1, 0.15) is 0 Å². The molecule has 0 atom stereocenters. The molecule has 0 spiro atoms. The van der Waals surface area contributed by atoms with Crippen LogP contribution in [0.15, 0.2) is 30.3 Å². The van der Waals surface area contributed by atoms with Gasteiger partial charge >= 0.3 is 11.9 Å². The van der Waals surface area contributed by atoms with Gasteiger partial charge in [-0.1, -0.05) is 37.3 Å². The highest BCUT2D eigenvalue weighted by atomic mass is 16.4. The molecule has 2 N–H and O–H groups in total. The topological polar surface area (TPSA) is 74.6 Å². The first-order valence-electron chi connectivity index (χ1n) is 5.33. The van der Waals surface area contributed by atoms with E-state index in [2.05, 4.69) is 0 Å². The molecule has 0 bridgehead atoms. The van der Waals surface area contributed by atoms with Crippen LogP contribution in [-0.2, 0) is 15.0 Å². The van der Waals surface area contributed by atoms with Crippen molar-refractivity contribution in [3.8, 4) is 0 Å². The Bertz CT molecular complexity index is 368. The first-order chi connectivity index (χ1) is 7.82. The van der Waals surface area contributed by atoms with Crippen molar-refractivity contribution >= 4 is 11.9 Å². The summed E-state index contributed by atoms with van der Waals surface area (Å²) in [7, 11) is 0. The summed E-state index contributed by atoms with van der Waals surface area (Å²) in [5.41, 5.74) is 0.0406. The van der Waals surface area contributed by atoms with E-state index in [0.717, 1.165) is 5.56 Å². The Balaban J connectivity index is 0.000000437. The molecule has 0 amide bonds. The van der Waals surface area contributed by atoms with E-state index in [9.17, 15) is 9.59 Å². The Morgan fingerprint density at radius 3 is 1.82 bits per heavy atom. The van der Waals surface area contributed by atoms with Gasteiger partial charge in [-0.05, 0) is 19.4 Å². The normalized spacial score (nSPS) is 10.1. The third-order valence-electron chi connectivity index (χ3n) is 2.33. The highest BCUT2D eigenvalue weighted by Crippen LogP contribution is 2.22. The minimum absolute atomic E-state index is 0.222. The van der Waals surface area contributed by atoms with E-state index in [1.54, 1.807) is 20.8 Å². The van der Waals surface area contributed by atoms with E-state index in [4.69, 9.17) is 10.2 Å². The summed E-state index contributed by atoms with van der Waals surface area (Å²) in [6.45, 7) is 5.00. The summed E-state index contributed by atoms with van der Waals surface area (Å²) < 4.78 is 0. The molecule has 1 rings (SSSR count). The number of hydrogen-bond acceptors (Lipinski definition) is 2. The predicted molar refractivity (Wildman–Crippen MR) is 65.0 cm³/mol. The van der Waals surface area contributed by atoms with Crippen molar-refractivity contribution in [2.24, 2.45) is 0 Å². The zero-order valence-corrected chi connectivity index (χ0v) is 10.3. The van der Waals surface area contributed by atoms with Crippen molar-refractivity contribution in [1.29, 1.82) is 0 Å². The standard InChI is InChI=1S/C10H12O2.C3H6O2/c1-10(2,9(11)12)8-6-4-3-5-7-8;1-2-3(4)5/h3-7H,1-2H3,(H,11,12);2H2,1H3,(H,4,5). The number of carboxylic acid groups (broad SMARTS) is 2. The smallest absolute Gasteiger partial charge is 0.313 e. The molecule has 0 unspecified atom stereocenters. The Kier molecular flexibility index (Phi) is 5.96. The van der Waals surface area contributed by atoms with Gasteiger partial charge in [0.2, 0.25) is 0 Å². The van der Waals surface area contributed by atoms with Crippen LogP contribution in [0.25, 0.3) is 0 Å². The van der Waals surface area contributed by atoms with Gasteiger partial charge < -0.3 is 10.2 Å². The Morgan fingerprint density at radius 2 is 1.53 bits per heavy atom.